The summed E-state index contributed by atoms with van der Waals surface area (Å²) in [6.07, 6.45) is 14.0. The molecule has 2 rings (SSSR count). The van der Waals surface area contributed by atoms with E-state index < -0.39 is 27.2 Å². The predicted octanol–water partition coefficient (Wildman–Crippen LogP) is 9.19. The number of hydrogen-bond acceptors (Lipinski definition) is 1. The molecule has 3 heteroatoms. The Morgan fingerprint density at radius 1 is 0.543 bits per heavy atom. The van der Waals surface area contributed by atoms with E-state index in [0.29, 0.717) is 0 Å². The van der Waals surface area contributed by atoms with Crippen molar-refractivity contribution in [3.63, 3.8) is 0 Å². The summed E-state index contributed by atoms with van der Waals surface area (Å²) >= 11 is -5.69. The van der Waals surface area contributed by atoms with Crippen molar-refractivity contribution in [2.24, 2.45) is 0 Å². The zero-order chi connectivity index (χ0) is 25.6. The number of rotatable bonds is 18. The second kappa shape index (κ2) is 15.9. The molecule has 0 spiro atoms. The Morgan fingerprint density at radius 3 is 1.06 bits per heavy atom. The number of hydrogen-bond donors (Lipinski definition) is 0. The zero-order valence-corrected chi connectivity index (χ0v) is 27.3. The summed E-state index contributed by atoms with van der Waals surface area (Å²) in [5, 5.41) is 5.17. The van der Waals surface area contributed by atoms with Crippen molar-refractivity contribution in [2.45, 2.75) is 100 Å². The standard InChI is InChI=1S/C32H50Ge2O/c1-7-13-25-33(26-14-8-2,31-21-17-29(11-5)18-22-31)35-34(27-15-9-3,28-16-10-4)32-23-19-30(12-6)20-24-32/h11-12,17-24H,5-10,13-16,25-28H2,1-4H3. The van der Waals surface area contributed by atoms with E-state index in [0.717, 1.165) is 0 Å². The maximum absolute atomic E-state index is 8.08. The van der Waals surface area contributed by atoms with Crippen LogP contribution in [-0.4, -0.2) is 27.2 Å². The van der Waals surface area contributed by atoms with Crippen LogP contribution in [0.3, 0.4) is 0 Å². The van der Waals surface area contributed by atoms with E-state index in [1.165, 1.54) is 83.5 Å². The Hall–Kier alpha value is -1.03. The van der Waals surface area contributed by atoms with Gasteiger partial charge in [-0.1, -0.05) is 0 Å². The van der Waals surface area contributed by atoms with Gasteiger partial charge < -0.3 is 0 Å². The summed E-state index contributed by atoms with van der Waals surface area (Å²) in [6.45, 7) is 17.3. The van der Waals surface area contributed by atoms with Gasteiger partial charge in [0.1, 0.15) is 0 Å². The fourth-order valence-corrected chi connectivity index (χ4v) is 37.8. The molecule has 0 atom stereocenters. The Kier molecular flexibility index (Phi) is 13.8. The summed E-state index contributed by atoms with van der Waals surface area (Å²) in [7, 11) is 0. The third-order valence-corrected chi connectivity index (χ3v) is 33.2. The summed E-state index contributed by atoms with van der Waals surface area (Å²) in [4.78, 5) is 0. The van der Waals surface area contributed by atoms with E-state index in [4.69, 9.17) is 2.79 Å². The van der Waals surface area contributed by atoms with Crippen LogP contribution in [0.25, 0.3) is 12.2 Å². The minimum absolute atomic E-state index is 1.21. The van der Waals surface area contributed by atoms with Gasteiger partial charge in [-0.3, -0.25) is 0 Å². The minimum atomic E-state index is -2.85. The van der Waals surface area contributed by atoms with Crippen molar-refractivity contribution in [3.8, 4) is 0 Å². The molecule has 0 aliphatic rings. The monoisotopic (exact) mass is 598 g/mol. The molecular weight excluding hydrogens is 546 g/mol. The number of unbranched alkanes of at least 4 members (excludes halogenated alkanes) is 4. The van der Waals surface area contributed by atoms with Crippen LogP contribution >= 0.6 is 0 Å². The van der Waals surface area contributed by atoms with Crippen LogP contribution in [-0.2, 0) is 2.79 Å². The van der Waals surface area contributed by atoms with Crippen molar-refractivity contribution in [1.29, 1.82) is 0 Å². The Labute approximate surface area is 222 Å². The van der Waals surface area contributed by atoms with Crippen LogP contribution in [0.5, 0.6) is 0 Å². The summed E-state index contributed by atoms with van der Waals surface area (Å²) in [5.74, 6) is 0. The van der Waals surface area contributed by atoms with Gasteiger partial charge in [-0.05, 0) is 0 Å². The van der Waals surface area contributed by atoms with Crippen molar-refractivity contribution < 1.29 is 2.79 Å². The fourth-order valence-electron chi connectivity index (χ4n) is 5.22. The molecule has 2 aromatic carbocycles. The van der Waals surface area contributed by atoms with Crippen LogP contribution < -0.4 is 8.79 Å². The van der Waals surface area contributed by atoms with Crippen molar-refractivity contribution >= 4 is 48.1 Å². The third kappa shape index (κ3) is 8.50. The van der Waals surface area contributed by atoms with Crippen LogP contribution in [0.4, 0.5) is 0 Å². The Morgan fingerprint density at radius 2 is 0.829 bits per heavy atom. The van der Waals surface area contributed by atoms with E-state index in [-0.39, 0.29) is 0 Å². The maximum atomic E-state index is 8.08. The van der Waals surface area contributed by atoms with Crippen LogP contribution in [0.1, 0.15) is 90.2 Å². The Bertz CT molecular complexity index is 780. The first-order valence-electron chi connectivity index (χ1n) is 14.2. The third-order valence-electron chi connectivity index (χ3n) is 7.47. The van der Waals surface area contributed by atoms with Crippen molar-refractivity contribution in [1.82, 2.24) is 0 Å². The molecule has 0 N–H and O–H groups in total. The van der Waals surface area contributed by atoms with Gasteiger partial charge in [0.15, 0.2) is 0 Å². The molecule has 0 fully saturated rings. The van der Waals surface area contributed by atoms with Crippen LogP contribution in [0.2, 0.25) is 21.0 Å². The van der Waals surface area contributed by atoms with E-state index in [1.807, 2.05) is 12.2 Å². The first-order chi connectivity index (χ1) is 17.0. The van der Waals surface area contributed by atoms with E-state index >= 15 is 0 Å². The average Bonchev–Trinajstić information content (AvgIpc) is 2.92. The van der Waals surface area contributed by atoms with Gasteiger partial charge in [0, 0.05) is 0 Å². The molecule has 0 amide bonds. The molecule has 1 nitrogen and oxygen atoms in total. The molecule has 0 aliphatic carbocycles. The van der Waals surface area contributed by atoms with Crippen LogP contribution in [0.15, 0.2) is 61.7 Å². The van der Waals surface area contributed by atoms with Gasteiger partial charge in [-0.15, -0.1) is 0 Å². The SMILES string of the molecule is C=Cc1cc[c]([Ge]([CH2]CCC)([CH2]CCC)[O][Ge]([CH2]CCC)([CH2]CCC)[c]2ccc(C=C)cc2)cc1. The van der Waals surface area contributed by atoms with E-state index in [9.17, 15) is 0 Å². The van der Waals surface area contributed by atoms with Gasteiger partial charge in [0.2, 0.25) is 0 Å². The first kappa shape index (κ1) is 30.2. The fraction of sp³-hybridized carbons (Fsp3) is 0.500. The second-order valence-corrected chi connectivity index (χ2v) is 27.8. The van der Waals surface area contributed by atoms with Crippen molar-refractivity contribution in [3.05, 3.63) is 72.8 Å². The van der Waals surface area contributed by atoms with Crippen molar-refractivity contribution in [2.75, 3.05) is 0 Å². The first-order valence-corrected chi connectivity index (χ1v) is 23.9. The predicted molar refractivity (Wildman–Crippen MR) is 164 cm³/mol. The van der Waals surface area contributed by atoms with Gasteiger partial charge >= 0.3 is 224 Å². The molecule has 0 aromatic heterocycles. The molecule has 0 saturated heterocycles. The molecule has 0 bridgehead atoms. The molecule has 2 aromatic rings. The van der Waals surface area contributed by atoms with E-state index in [1.54, 1.807) is 8.79 Å². The molecule has 0 aliphatic heterocycles. The van der Waals surface area contributed by atoms with Crippen LogP contribution in [0, 0.1) is 0 Å². The molecule has 0 saturated carbocycles. The molecular formula is C32H50Ge2O. The molecule has 192 valence electrons. The average molecular weight is 596 g/mol. The molecule has 35 heavy (non-hydrogen) atoms. The van der Waals surface area contributed by atoms with Gasteiger partial charge in [-0.25, -0.2) is 0 Å². The quantitative estimate of drug-likeness (QED) is 0.156. The summed E-state index contributed by atoms with van der Waals surface area (Å²) < 4.78 is 11.2. The van der Waals surface area contributed by atoms with Gasteiger partial charge in [0.05, 0.1) is 0 Å². The molecule has 0 heterocycles. The Balaban J connectivity index is 2.69. The zero-order valence-electron chi connectivity index (χ0n) is 23.1. The van der Waals surface area contributed by atoms with Gasteiger partial charge in [-0.2, -0.15) is 0 Å². The summed E-state index contributed by atoms with van der Waals surface area (Å²) in [6, 6.07) is 18.7. The molecule has 0 unspecified atom stereocenters. The van der Waals surface area contributed by atoms with Gasteiger partial charge in [0.25, 0.3) is 0 Å². The second-order valence-electron chi connectivity index (χ2n) is 10.2. The topological polar surface area (TPSA) is 9.23 Å². The summed E-state index contributed by atoms with van der Waals surface area (Å²) in [5.41, 5.74) is 2.42. The normalized spacial score (nSPS) is 12.0. The number of benzene rings is 2. The van der Waals surface area contributed by atoms with E-state index in [2.05, 4.69) is 89.4 Å². The molecule has 0 radical (unpaired) electrons.